The van der Waals surface area contributed by atoms with Crippen LogP contribution in [0.2, 0.25) is 0 Å². The molecule has 0 radical (unpaired) electrons. The minimum absolute atomic E-state index is 0.104. The Morgan fingerprint density at radius 3 is 2.43 bits per heavy atom. The summed E-state index contributed by atoms with van der Waals surface area (Å²) < 4.78 is 33.9. The van der Waals surface area contributed by atoms with Crippen molar-refractivity contribution in [2.24, 2.45) is 5.92 Å². The van der Waals surface area contributed by atoms with Gasteiger partial charge in [-0.3, -0.25) is 9.80 Å². The van der Waals surface area contributed by atoms with Crippen LogP contribution in [0.3, 0.4) is 0 Å². The Morgan fingerprint density at radius 1 is 1.00 bits per heavy atom. The molecule has 2 aliphatic carbocycles. The summed E-state index contributed by atoms with van der Waals surface area (Å²) >= 11 is 0. The fourth-order valence-corrected chi connectivity index (χ4v) is 7.25. The average Bonchev–Trinajstić information content (AvgIpc) is 3.16. The highest BCUT2D eigenvalue weighted by Gasteiger charge is 2.34. The van der Waals surface area contributed by atoms with Crippen LogP contribution >= 0.6 is 0 Å². The number of ether oxygens (including phenoxy) is 1. The second kappa shape index (κ2) is 8.88. The van der Waals surface area contributed by atoms with Crippen LogP contribution in [0.1, 0.15) is 57.1 Å². The van der Waals surface area contributed by atoms with Crippen LogP contribution in [0.4, 0.5) is 0 Å². The standard InChI is InChI=1S/C22H36N4O3S/c27-30(28,17-18-7-8-18)22-23-14-20(26(22)16-21-6-3-13-29-21)15-24-9-11-25(12-10-24)19-4-1-2-5-19/h14,18-19,21H,1-13,15-17H2/t21-/m1/s1. The maximum Gasteiger partial charge on any atom is 0.227 e. The summed E-state index contributed by atoms with van der Waals surface area (Å²) in [7, 11) is -3.34. The molecule has 4 fully saturated rings. The maximum absolute atomic E-state index is 13.0. The Bertz CT molecular complexity index is 815. The van der Waals surface area contributed by atoms with Crippen molar-refractivity contribution in [3.05, 3.63) is 11.9 Å². The van der Waals surface area contributed by atoms with Gasteiger partial charge in [-0.1, -0.05) is 12.8 Å². The molecule has 0 amide bonds. The van der Waals surface area contributed by atoms with Crippen molar-refractivity contribution >= 4 is 9.84 Å². The first-order chi connectivity index (χ1) is 14.6. The molecule has 1 aromatic heterocycles. The van der Waals surface area contributed by atoms with Gasteiger partial charge in [-0.2, -0.15) is 0 Å². The third kappa shape index (κ3) is 4.76. The van der Waals surface area contributed by atoms with Gasteiger partial charge in [0.05, 0.1) is 30.3 Å². The predicted molar refractivity (Wildman–Crippen MR) is 115 cm³/mol. The molecule has 1 aromatic rings. The predicted octanol–water partition coefficient (Wildman–Crippen LogP) is 2.31. The van der Waals surface area contributed by atoms with Crippen LogP contribution in [0, 0.1) is 5.92 Å². The molecule has 2 aliphatic heterocycles. The SMILES string of the molecule is O=S(=O)(CC1CC1)c1ncc(CN2CCN(C3CCCC3)CC2)n1C[C@H]1CCCO1. The molecule has 168 valence electrons. The van der Waals surface area contributed by atoms with Gasteiger partial charge in [0.1, 0.15) is 0 Å². The van der Waals surface area contributed by atoms with E-state index in [0.717, 1.165) is 76.7 Å². The summed E-state index contributed by atoms with van der Waals surface area (Å²) in [6.45, 7) is 6.50. The number of hydrogen-bond acceptors (Lipinski definition) is 6. The average molecular weight is 437 g/mol. The molecule has 8 heteroatoms. The van der Waals surface area contributed by atoms with Crippen LogP contribution < -0.4 is 0 Å². The molecule has 7 nitrogen and oxygen atoms in total. The topological polar surface area (TPSA) is 67.7 Å². The number of nitrogens with zero attached hydrogens (tertiary/aromatic N) is 4. The van der Waals surface area contributed by atoms with Crippen molar-refractivity contribution in [1.29, 1.82) is 0 Å². The Kier molecular flexibility index (Phi) is 6.19. The third-order valence-electron chi connectivity index (χ3n) is 7.38. The van der Waals surface area contributed by atoms with E-state index in [1.54, 1.807) is 6.20 Å². The van der Waals surface area contributed by atoms with E-state index in [4.69, 9.17) is 4.74 Å². The van der Waals surface area contributed by atoms with Gasteiger partial charge in [-0.15, -0.1) is 0 Å². The van der Waals surface area contributed by atoms with Gasteiger partial charge in [0.2, 0.25) is 15.0 Å². The van der Waals surface area contributed by atoms with Crippen molar-refractivity contribution in [2.45, 2.75) is 81.8 Å². The molecule has 30 heavy (non-hydrogen) atoms. The maximum atomic E-state index is 13.0. The lowest BCUT2D eigenvalue weighted by atomic mass is 10.2. The largest absolute Gasteiger partial charge is 0.376 e. The van der Waals surface area contributed by atoms with Crippen molar-refractivity contribution < 1.29 is 13.2 Å². The lowest BCUT2D eigenvalue weighted by molar-refractivity contribution is 0.0847. The van der Waals surface area contributed by atoms with Crippen LogP contribution in [0.5, 0.6) is 0 Å². The van der Waals surface area contributed by atoms with E-state index in [1.807, 2.05) is 4.57 Å². The van der Waals surface area contributed by atoms with Gasteiger partial charge in [-0.05, 0) is 44.4 Å². The molecular formula is C22H36N4O3S. The van der Waals surface area contributed by atoms with Crippen molar-refractivity contribution in [2.75, 3.05) is 38.5 Å². The molecule has 0 spiro atoms. The molecule has 2 saturated carbocycles. The summed E-state index contributed by atoms with van der Waals surface area (Å²) in [5, 5.41) is 0.268. The first kappa shape index (κ1) is 20.9. The molecule has 0 bridgehead atoms. The van der Waals surface area contributed by atoms with E-state index in [0.29, 0.717) is 12.5 Å². The smallest absolute Gasteiger partial charge is 0.227 e. The Morgan fingerprint density at radius 2 is 1.77 bits per heavy atom. The molecule has 4 aliphatic rings. The van der Waals surface area contributed by atoms with Gasteiger partial charge in [0.25, 0.3) is 0 Å². The highest BCUT2D eigenvalue weighted by Crippen LogP contribution is 2.32. The highest BCUT2D eigenvalue weighted by atomic mass is 32.2. The zero-order chi connectivity index (χ0) is 20.6. The van der Waals surface area contributed by atoms with E-state index in [2.05, 4.69) is 14.8 Å². The van der Waals surface area contributed by atoms with Gasteiger partial charge in [0.15, 0.2) is 0 Å². The summed E-state index contributed by atoms with van der Waals surface area (Å²) in [6.07, 6.45) is 11.5. The van der Waals surface area contributed by atoms with E-state index in [1.165, 1.54) is 25.7 Å². The summed E-state index contributed by atoms with van der Waals surface area (Å²) in [6, 6.07) is 0.788. The van der Waals surface area contributed by atoms with Crippen LogP contribution in [-0.4, -0.2) is 78.5 Å². The molecule has 0 unspecified atom stereocenters. The second-order valence-corrected chi connectivity index (χ2v) is 11.7. The molecule has 2 saturated heterocycles. The van der Waals surface area contributed by atoms with Gasteiger partial charge < -0.3 is 9.30 Å². The number of imidazole rings is 1. The lowest BCUT2D eigenvalue weighted by Gasteiger charge is -2.38. The Labute approximate surface area is 180 Å². The lowest BCUT2D eigenvalue weighted by Crippen LogP contribution is -2.49. The zero-order valence-corrected chi connectivity index (χ0v) is 18.9. The van der Waals surface area contributed by atoms with Gasteiger partial charge in [-0.25, -0.2) is 13.4 Å². The zero-order valence-electron chi connectivity index (χ0n) is 18.0. The summed E-state index contributed by atoms with van der Waals surface area (Å²) in [4.78, 5) is 9.57. The van der Waals surface area contributed by atoms with Crippen LogP contribution in [0.25, 0.3) is 0 Å². The number of rotatable bonds is 8. The fourth-order valence-electron chi connectivity index (χ4n) is 5.41. The number of hydrogen-bond donors (Lipinski definition) is 0. The first-order valence-corrected chi connectivity index (χ1v) is 13.6. The minimum Gasteiger partial charge on any atom is -0.376 e. The highest BCUT2D eigenvalue weighted by molar-refractivity contribution is 7.91. The summed E-state index contributed by atoms with van der Waals surface area (Å²) in [5.41, 5.74) is 1.02. The van der Waals surface area contributed by atoms with Crippen LogP contribution in [-0.2, 0) is 27.7 Å². The number of aromatic nitrogens is 2. The normalized spacial score (nSPS) is 27.3. The fraction of sp³-hybridized carbons (Fsp3) is 0.864. The molecule has 5 rings (SSSR count). The van der Waals surface area contributed by atoms with Gasteiger partial charge >= 0.3 is 0 Å². The Balaban J connectivity index is 1.29. The first-order valence-electron chi connectivity index (χ1n) is 11.9. The molecule has 0 N–H and O–H groups in total. The molecular weight excluding hydrogens is 400 g/mol. The third-order valence-corrected chi connectivity index (χ3v) is 9.17. The molecule has 0 aromatic carbocycles. The van der Waals surface area contributed by atoms with Crippen LogP contribution in [0.15, 0.2) is 11.4 Å². The number of piperazine rings is 1. The van der Waals surface area contributed by atoms with Crippen molar-refractivity contribution in [3.8, 4) is 0 Å². The molecule has 1 atom stereocenters. The van der Waals surface area contributed by atoms with E-state index in [9.17, 15) is 8.42 Å². The second-order valence-electron chi connectivity index (χ2n) is 9.75. The monoisotopic (exact) mass is 436 g/mol. The quantitative estimate of drug-likeness (QED) is 0.623. The van der Waals surface area contributed by atoms with E-state index in [-0.39, 0.29) is 17.0 Å². The van der Waals surface area contributed by atoms with E-state index < -0.39 is 9.84 Å². The van der Waals surface area contributed by atoms with Gasteiger partial charge in [0, 0.05) is 45.4 Å². The Hall–Kier alpha value is -0.960. The minimum atomic E-state index is -3.34. The van der Waals surface area contributed by atoms with Crippen molar-refractivity contribution in [1.82, 2.24) is 19.4 Å². The number of sulfone groups is 1. The van der Waals surface area contributed by atoms with E-state index >= 15 is 0 Å². The summed E-state index contributed by atoms with van der Waals surface area (Å²) in [5.74, 6) is 0.574. The van der Waals surface area contributed by atoms with Crippen molar-refractivity contribution in [3.63, 3.8) is 0 Å². The molecule has 3 heterocycles.